The third-order valence-corrected chi connectivity index (χ3v) is 23.1. The molecule has 0 amide bonds. The molecule has 20 aromatic rings. The van der Waals surface area contributed by atoms with Gasteiger partial charge in [0.2, 0.25) is 0 Å². The molecule has 125 heavy (non-hydrogen) atoms. The summed E-state index contributed by atoms with van der Waals surface area (Å²) in [4.78, 5) is 0. The molecule has 0 fully saturated rings. The van der Waals surface area contributed by atoms with Gasteiger partial charge in [-0.15, -0.1) is 0 Å². The summed E-state index contributed by atoms with van der Waals surface area (Å²) in [7, 11) is 0. The number of benzene rings is 20. The van der Waals surface area contributed by atoms with Crippen LogP contribution in [-0.2, 0) is 0 Å². The first kappa shape index (κ1) is 83.1. The Morgan fingerprint density at radius 1 is 0.0880 bits per heavy atom. The van der Waals surface area contributed by atoms with E-state index in [4.69, 9.17) is 0 Å². The van der Waals surface area contributed by atoms with Gasteiger partial charge in [-0.3, -0.25) is 0 Å². The Bertz CT molecular complexity index is 6850. The molecule has 0 heterocycles. The second-order valence-electron chi connectivity index (χ2n) is 31.7. The van der Waals surface area contributed by atoms with E-state index in [-0.39, 0.29) is 0 Å². The summed E-state index contributed by atoms with van der Waals surface area (Å²) in [6, 6.07) is 183. The molecule has 0 aliphatic carbocycles. The fourth-order valence-electron chi connectivity index (χ4n) is 16.3. The van der Waals surface area contributed by atoms with Gasteiger partial charge in [0, 0.05) is 0 Å². The van der Waals surface area contributed by atoms with Gasteiger partial charge in [-0.05, 0) is 236 Å². The highest BCUT2D eigenvalue weighted by molar-refractivity contribution is 5.89. The SMILES string of the molecule is Cc1ccc(-c2ccccc2-c2ccc(-c3ccccc3)cc2)cc1.Cc1cccc(-c2ccccc2-c2ccc(-c3ccccc3)cc2)c1.Cc1ccccc1-c1cccc(-c2ccc(-c3ccccc3)cc2)c1.Cc1ccccc1-c1cccc(-c2cccc(-c3ccccc3)c2)c1.Cc1ccccc1-c1ccccc1-c1ccc(-c2ccccc2)cc1. The van der Waals surface area contributed by atoms with Gasteiger partial charge in [-0.2, -0.15) is 0 Å². The molecule has 0 unspecified atom stereocenters. The van der Waals surface area contributed by atoms with Crippen molar-refractivity contribution in [3.05, 3.63) is 543 Å². The molecule has 0 aromatic heterocycles. The molecular formula is C125H100. The summed E-state index contributed by atoms with van der Waals surface area (Å²) < 4.78 is 0. The average Bonchev–Trinajstić information content (AvgIpc) is 0.801. The van der Waals surface area contributed by atoms with Gasteiger partial charge in [-0.1, -0.05) is 509 Å². The topological polar surface area (TPSA) is 0 Å². The fourth-order valence-corrected chi connectivity index (χ4v) is 16.3. The molecule has 0 radical (unpaired) electrons. The first-order valence-electron chi connectivity index (χ1n) is 43.2. The summed E-state index contributed by atoms with van der Waals surface area (Å²) in [6.07, 6.45) is 0. The van der Waals surface area contributed by atoms with E-state index < -0.39 is 0 Å². The predicted molar refractivity (Wildman–Crippen MR) is 537 cm³/mol. The number of rotatable bonds is 15. The summed E-state index contributed by atoms with van der Waals surface area (Å²) in [5, 5.41) is 0. The van der Waals surface area contributed by atoms with Gasteiger partial charge >= 0.3 is 0 Å². The van der Waals surface area contributed by atoms with Crippen LogP contribution in [0.3, 0.4) is 0 Å². The Labute approximate surface area is 739 Å². The van der Waals surface area contributed by atoms with E-state index in [0.29, 0.717) is 0 Å². The Morgan fingerprint density at radius 3 is 0.568 bits per heavy atom. The smallest absolute Gasteiger partial charge is 0.0103 e. The van der Waals surface area contributed by atoms with Gasteiger partial charge in [0.05, 0.1) is 0 Å². The summed E-state index contributed by atoms with van der Waals surface area (Å²) in [5.74, 6) is 0. The fraction of sp³-hybridized carbons (Fsp3) is 0.0400. The van der Waals surface area contributed by atoms with Crippen molar-refractivity contribution >= 4 is 0 Å². The molecule has 0 spiro atoms. The number of hydrogen-bond acceptors (Lipinski definition) is 0. The third-order valence-electron chi connectivity index (χ3n) is 23.1. The maximum Gasteiger partial charge on any atom is -0.0103 e. The minimum absolute atomic E-state index is 1.25. The molecule has 0 bridgehead atoms. The zero-order valence-electron chi connectivity index (χ0n) is 71.6. The number of aryl methyl sites for hydroxylation is 5. The molecule has 0 N–H and O–H groups in total. The second-order valence-corrected chi connectivity index (χ2v) is 31.7. The quantitative estimate of drug-likeness (QED) is 0.0960. The molecule has 0 saturated carbocycles. The molecule has 0 saturated heterocycles. The van der Waals surface area contributed by atoms with Gasteiger partial charge in [0.1, 0.15) is 0 Å². The monoisotopic (exact) mass is 1600 g/mol. The molecule has 0 aliphatic heterocycles. The number of hydrogen-bond donors (Lipinski definition) is 0. The summed E-state index contributed by atoms with van der Waals surface area (Å²) in [5.41, 5.74) is 44.3. The molecule has 20 aromatic carbocycles. The van der Waals surface area contributed by atoms with E-state index in [1.165, 1.54) is 195 Å². The van der Waals surface area contributed by atoms with Crippen LogP contribution < -0.4 is 0 Å². The van der Waals surface area contributed by atoms with Gasteiger partial charge in [0.25, 0.3) is 0 Å². The van der Waals surface area contributed by atoms with Crippen LogP contribution in [0.25, 0.3) is 167 Å². The lowest BCUT2D eigenvalue weighted by Crippen LogP contribution is -1.88. The van der Waals surface area contributed by atoms with Gasteiger partial charge in [0.15, 0.2) is 0 Å². The van der Waals surface area contributed by atoms with Gasteiger partial charge < -0.3 is 0 Å². The second kappa shape index (κ2) is 41.1. The summed E-state index contributed by atoms with van der Waals surface area (Å²) in [6.45, 7) is 10.8. The highest BCUT2D eigenvalue weighted by atomic mass is 14.2. The van der Waals surface area contributed by atoms with Crippen molar-refractivity contribution in [3.63, 3.8) is 0 Å². The van der Waals surface area contributed by atoms with Crippen LogP contribution in [0, 0.1) is 34.6 Å². The Hall–Kier alpha value is -15.6. The lowest BCUT2D eigenvalue weighted by Gasteiger charge is -2.13. The normalized spacial score (nSPS) is 10.6. The lowest BCUT2D eigenvalue weighted by atomic mass is 9.91. The molecule has 20 rings (SSSR count). The molecule has 0 aliphatic rings. The molecule has 0 heteroatoms. The Morgan fingerprint density at radius 2 is 0.264 bits per heavy atom. The lowest BCUT2D eigenvalue weighted by molar-refractivity contribution is 1.45. The van der Waals surface area contributed by atoms with Crippen LogP contribution in [0.4, 0.5) is 0 Å². The van der Waals surface area contributed by atoms with E-state index in [1.54, 1.807) is 0 Å². The van der Waals surface area contributed by atoms with E-state index in [1.807, 2.05) is 0 Å². The average molecular weight is 1600 g/mol. The molecule has 600 valence electrons. The van der Waals surface area contributed by atoms with Crippen molar-refractivity contribution in [2.45, 2.75) is 34.6 Å². The minimum Gasteiger partial charge on any atom is -0.0622 e. The van der Waals surface area contributed by atoms with E-state index in [2.05, 4.69) is 550 Å². The van der Waals surface area contributed by atoms with E-state index in [0.717, 1.165) is 0 Å². The van der Waals surface area contributed by atoms with Crippen LogP contribution in [0.1, 0.15) is 27.8 Å². The van der Waals surface area contributed by atoms with Crippen LogP contribution in [0.15, 0.2) is 516 Å². The Kier molecular flexibility index (Phi) is 27.3. The summed E-state index contributed by atoms with van der Waals surface area (Å²) >= 11 is 0. The van der Waals surface area contributed by atoms with Crippen LogP contribution in [0.2, 0.25) is 0 Å². The minimum atomic E-state index is 1.25. The highest BCUT2D eigenvalue weighted by Gasteiger charge is 2.15. The van der Waals surface area contributed by atoms with Crippen molar-refractivity contribution in [2.24, 2.45) is 0 Å². The van der Waals surface area contributed by atoms with Crippen molar-refractivity contribution in [2.75, 3.05) is 0 Å². The largest absolute Gasteiger partial charge is 0.0622 e. The van der Waals surface area contributed by atoms with Gasteiger partial charge in [-0.25, -0.2) is 0 Å². The Balaban J connectivity index is 0.000000115. The van der Waals surface area contributed by atoms with Crippen molar-refractivity contribution in [1.29, 1.82) is 0 Å². The van der Waals surface area contributed by atoms with Crippen molar-refractivity contribution in [1.82, 2.24) is 0 Å². The van der Waals surface area contributed by atoms with E-state index in [9.17, 15) is 0 Å². The highest BCUT2D eigenvalue weighted by Crippen LogP contribution is 2.40. The van der Waals surface area contributed by atoms with Crippen LogP contribution in [0.5, 0.6) is 0 Å². The zero-order valence-corrected chi connectivity index (χ0v) is 71.6. The maximum atomic E-state index is 2.28. The van der Waals surface area contributed by atoms with Crippen molar-refractivity contribution < 1.29 is 0 Å². The van der Waals surface area contributed by atoms with E-state index >= 15 is 0 Å². The van der Waals surface area contributed by atoms with Crippen molar-refractivity contribution in [3.8, 4) is 167 Å². The third kappa shape index (κ3) is 21.2. The standard InChI is InChI=1S/5C25H20/c1-19-9-5-6-16-25(19)24-15-8-14-23(18-24)22-13-7-12-21(17-22)20-10-3-2-4-11-20;1-19-9-5-6-12-23(19)25-14-8-7-13-24(25)22-17-15-21(16-18-22)20-10-3-2-4-11-20;1-19-8-7-11-23(18-19)25-13-6-5-12-24(25)22-16-14-21(15-17-22)20-9-3-2-4-10-20;1-19-8-5-6-13-25(19)24-12-7-11-23(18-24)22-16-14-21(15-17-22)20-9-3-2-4-10-20;1-19-11-13-22(14-12-19)24-9-5-6-10-25(24)23-17-15-21(16-18-23)20-7-3-2-4-8-20/h5*2-18H,1H3. The first-order chi connectivity index (χ1) is 61.6. The van der Waals surface area contributed by atoms with Crippen LogP contribution >= 0.6 is 0 Å². The molecule has 0 atom stereocenters. The van der Waals surface area contributed by atoms with Crippen LogP contribution in [-0.4, -0.2) is 0 Å². The molecular weight excluding hydrogens is 1500 g/mol. The molecule has 0 nitrogen and oxygen atoms in total. The first-order valence-corrected chi connectivity index (χ1v) is 43.2. The predicted octanol–water partition coefficient (Wildman–Crippen LogP) is 35.0. The maximum absolute atomic E-state index is 2.28. The zero-order chi connectivity index (χ0) is 85.3.